The first-order chi connectivity index (χ1) is 8.45. The number of rotatable bonds is 5. The second kappa shape index (κ2) is 6.14. The van der Waals surface area contributed by atoms with Gasteiger partial charge >= 0.3 is 5.97 Å². The molecule has 1 aromatic rings. The number of hydrogen-bond acceptors (Lipinski definition) is 3. The van der Waals surface area contributed by atoms with Gasteiger partial charge in [0.05, 0.1) is 11.5 Å². The van der Waals surface area contributed by atoms with Crippen molar-refractivity contribution in [1.29, 1.82) is 0 Å². The number of carboxylic acid groups (broad SMARTS) is 1. The molecule has 18 heavy (non-hydrogen) atoms. The second-order valence-corrected chi connectivity index (χ2v) is 4.27. The fourth-order valence-corrected chi connectivity index (χ4v) is 1.54. The number of nitrogens with zero attached hydrogens (tertiary/aromatic N) is 2. The molecular weight excluding hydrogens is 232 g/mol. The fourth-order valence-electron chi connectivity index (χ4n) is 1.54. The third-order valence-electron chi connectivity index (χ3n) is 2.74. The van der Waals surface area contributed by atoms with Gasteiger partial charge in [-0.05, 0) is 26.0 Å². The minimum Gasteiger partial charge on any atom is -0.481 e. The highest BCUT2D eigenvalue weighted by Crippen LogP contribution is 2.08. The predicted octanol–water partition coefficient (Wildman–Crippen LogP) is 1.57. The first-order valence-corrected chi connectivity index (χ1v) is 5.90. The normalized spacial score (nSPS) is 11.9. The SMILES string of the molecule is CCN(CC(C)C(=O)O)C(=O)c1ccc(C)nc1. The van der Waals surface area contributed by atoms with Crippen LogP contribution in [0, 0.1) is 12.8 Å². The topological polar surface area (TPSA) is 70.5 Å². The molecule has 5 heteroatoms. The lowest BCUT2D eigenvalue weighted by Gasteiger charge is -2.22. The molecule has 1 aromatic heterocycles. The zero-order valence-electron chi connectivity index (χ0n) is 10.9. The van der Waals surface area contributed by atoms with E-state index < -0.39 is 11.9 Å². The molecule has 1 N–H and O–H groups in total. The van der Waals surface area contributed by atoms with Gasteiger partial charge in [0.2, 0.25) is 0 Å². The molecule has 0 spiro atoms. The van der Waals surface area contributed by atoms with E-state index in [2.05, 4.69) is 4.98 Å². The lowest BCUT2D eigenvalue weighted by Crippen LogP contribution is -2.36. The Bertz CT molecular complexity index is 428. The van der Waals surface area contributed by atoms with Crippen molar-refractivity contribution in [3.63, 3.8) is 0 Å². The van der Waals surface area contributed by atoms with Gasteiger partial charge < -0.3 is 10.0 Å². The minimum atomic E-state index is -0.900. The Morgan fingerprint density at radius 1 is 1.44 bits per heavy atom. The second-order valence-electron chi connectivity index (χ2n) is 4.27. The molecule has 98 valence electrons. The van der Waals surface area contributed by atoms with Gasteiger partial charge in [0.15, 0.2) is 0 Å². The molecule has 1 rings (SSSR count). The molecule has 0 bridgehead atoms. The molecule has 0 aliphatic heterocycles. The summed E-state index contributed by atoms with van der Waals surface area (Å²) in [6, 6.07) is 3.47. The zero-order valence-corrected chi connectivity index (χ0v) is 10.9. The molecule has 0 saturated heterocycles. The summed E-state index contributed by atoms with van der Waals surface area (Å²) in [5.74, 6) is -1.66. The molecule has 0 saturated carbocycles. The maximum absolute atomic E-state index is 12.1. The Kier molecular flexibility index (Phi) is 4.83. The highest BCUT2D eigenvalue weighted by atomic mass is 16.4. The fraction of sp³-hybridized carbons (Fsp3) is 0.462. The van der Waals surface area contributed by atoms with E-state index in [0.717, 1.165) is 5.69 Å². The minimum absolute atomic E-state index is 0.182. The summed E-state index contributed by atoms with van der Waals surface area (Å²) in [5.41, 5.74) is 1.33. The van der Waals surface area contributed by atoms with Gasteiger partial charge in [0.1, 0.15) is 0 Å². The number of aryl methyl sites for hydroxylation is 1. The van der Waals surface area contributed by atoms with Crippen LogP contribution in [0.4, 0.5) is 0 Å². The summed E-state index contributed by atoms with van der Waals surface area (Å²) in [6.45, 7) is 5.95. The summed E-state index contributed by atoms with van der Waals surface area (Å²) in [6.07, 6.45) is 1.52. The molecule has 1 atom stereocenters. The number of carboxylic acids is 1. The van der Waals surface area contributed by atoms with Gasteiger partial charge in [-0.2, -0.15) is 0 Å². The van der Waals surface area contributed by atoms with Gasteiger partial charge in [-0.1, -0.05) is 6.92 Å². The molecule has 0 aromatic carbocycles. The summed E-state index contributed by atoms with van der Waals surface area (Å²) in [7, 11) is 0. The van der Waals surface area contributed by atoms with Gasteiger partial charge in [0, 0.05) is 25.0 Å². The highest BCUT2D eigenvalue weighted by Gasteiger charge is 2.20. The average molecular weight is 250 g/mol. The van der Waals surface area contributed by atoms with E-state index in [9.17, 15) is 9.59 Å². The van der Waals surface area contributed by atoms with Crippen LogP contribution >= 0.6 is 0 Å². The Morgan fingerprint density at radius 3 is 2.56 bits per heavy atom. The molecule has 1 heterocycles. The third-order valence-corrected chi connectivity index (χ3v) is 2.74. The Morgan fingerprint density at radius 2 is 2.11 bits per heavy atom. The van der Waals surface area contributed by atoms with Crippen LogP contribution in [0.1, 0.15) is 29.9 Å². The first kappa shape index (κ1) is 14.2. The largest absolute Gasteiger partial charge is 0.481 e. The smallest absolute Gasteiger partial charge is 0.308 e. The van der Waals surface area contributed by atoms with Crippen LogP contribution in [-0.4, -0.2) is 40.0 Å². The lowest BCUT2D eigenvalue weighted by atomic mass is 10.1. The first-order valence-electron chi connectivity index (χ1n) is 5.90. The number of pyridine rings is 1. The van der Waals surface area contributed by atoms with Crippen molar-refractivity contribution in [2.24, 2.45) is 5.92 Å². The summed E-state index contributed by atoms with van der Waals surface area (Å²) in [4.78, 5) is 28.5. The van der Waals surface area contributed by atoms with Crippen LogP contribution in [-0.2, 0) is 4.79 Å². The molecule has 0 radical (unpaired) electrons. The average Bonchev–Trinajstić information content (AvgIpc) is 2.35. The van der Waals surface area contributed by atoms with Gasteiger partial charge in [0.25, 0.3) is 5.91 Å². The molecule has 1 unspecified atom stereocenters. The van der Waals surface area contributed by atoms with Gasteiger partial charge in [-0.25, -0.2) is 0 Å². The highest BCUT2D eigenvalue weighted by molar-refractivity contribution is 5.94. The van der Waals surface area contributed by atoms with Crippen molar-refractivity contribution >= 4 is 11.9 Å². The quantitative estimate of drug-likeness (QED) is 0.861. The summed E-state index contributed by atoms with van der Waals surface area (Å²) >= 11 is 0. The maximum atomic E-state index is 12.1. The van der Waals surface area contributed by atoms with Crippen LogP contribution in [0.2, 0.25) is 0 Å². The monoisotopic (exact) mass is 250 g/mol. The Hall–Kier alpha value is -1.91. The van der Waals surface area contributed by atoms with Crippen LogP contribution in [0.5, 0.6) is 0 Å². The van der Waals surface area contributed by atoms with E-state index in [4.69, 9.17) is 5.11 Å². The van der Waals surface area contributed by atoms with Crippen LogP contribution in [0.3, 0.4) is 0 Å². The van der Waals surface area contributed by atoms with Crippen molar-refractivity contribution < 1.29 is 14.7 Å². The van der Waals surface area contributed by atoms with Crippen LogP contribution in [0.15, 0.2) is 18.3 Å². The number of carbonyl (C=O) groups excluding carboxylic acids is 1. The molecule has 0 aliphatic carbocycles. The van der Waals surface area contributed by atoms with Crippen molar-refractivity contribution in [1.82, 2.24) is 9.88 Å². The number of amides is 1. The van der Waals surface area contributed by atoms with Crippen LogP contribution in [0.25, 0.3) is 0 Å². The van der Waals surface area contributed by atoms with E-state index in [0.29, 0.717) is 12.1 Å². The molecular formula is C13H18N2O3. The molecule has 0 aliphatic rings. The molecule has 5 nitrogen and oxygen atoms in total. The van der Waals surface area contributed by atoms with Gasteiger partial charge in [-0.15, -0.1) is 0 Å². The van der Waals surface area contributed by atoms with Crippen LogP contribution < -0.4 is 0 Å². The molecule has 0 fully saturated rings. The van der Waals surface area contributed by atoms with E-state index in [1.165, 1.54) is 11.1 Å². The number of hydrogen-bond donors (Lipinski definition) is 1. The lowest BCUT2D eigenvalue weighted by molar-refractivity contribution is -0.141. The Balaban J connectivity index is 2.79. The maximum Gasteiger partial charge on any atom is 0.308 e. The predicted molar refractivity (Wildman–Crippen MR) is 67.4 cm³/mol. The van der Waals surface area contributed by atoms with E-state index >= 15 is 0 Å². The summed E-state index contributed by atoms with van der Waals surface area (Å²) < 4.78 is 0. The zero-order chi connectivity index (χ0) is 13.7. The third kappa shape index (κ3) is 3.55. The Labute approximate surface area is 106 Å². The number of carbonyl (C=O) groups is 2. The van der Waals surface area contributed by atoms with E-state index in [-0.39, 0.29) is 12.5 Å². The van der Waals surface area contributed by atoms with E-state index in [1.807, 2.05) is 13.8 Å². The van der Waals surface area contributed by atoms with Crippen molar-refractivity contribution in [2.45, 2.75) is 20.8 Å². The van der Waals surface area contributed by atoms with E-state index in [1.54, 1.807) is 19.1 Å². The van der Waals surface area contributed by atoms with Gasteiger partial charge in [-0.3, -0.25) is 14.6 Å². The standard InChI is InChI=1S/C13H18N2O3/c1-4-15(8-9(2)13(17)18)12(16)11-6-5-10(3)14-7-11/h5-7,9H,4,8H2,1-3H3,(H,17,18). The van der Waals surface area contributed by atoms with Crippen molar-refractivity contribution in [3.05, 3.63) is 29.6 Å². The number of aliphatic carboxylic acids is 1. The molecule has 1 amide bonds. The van der Waals surface area contributed by atoms with Crippen molar-refractivity contribution in [2.75, 3.05) is 13.1 Å². The summed E-state index contributed by atoms with van der Waals surface area (Å²) in [5, 5.41) is 8.86. The number of aromatic nitrogens is 1. The van der Waals surface area contributed by atoms with Crippen molar-refractivity contribution in [3.8, 4) is 0 Å².